The minimum absolute atomic E-state index is 0.108. The third kappa shape index (κ3) is 6.20. The van der Waals surface area contributed by atoms with Gasteiger partial charge in [-0.2, -0.15) is 0 Å². The van der Waals surface area contributed by atoms with Crippen LogP contribution in [0.1, 0.15) is 11.4 Å². The van der Waals surface area contributed by atoms with E-state index in [1.54, 1.807) is 6.08 Å². The van der Waals surface area contributed by atoms with Gasteiger partial charge in [0.25, 0.3) is 0 Å². The molecule has 0 fully saturated rings. The van der Waals surface area contributed by atoms with E-state index in [1.165, 1.54) is 11.8 Å². The molecule has 0 saturated heterocycles. The third-order valence-electron chi connectivity index (χ3n) is 3.92. The number of aromatic nitrogens is 3. The molecule has 150 valence electrons. The maximum Gasteiger partial charge on any atom is 0.234 e. The van der Waals surface area contributed by atoms with Gasteiger partial charge in [-0.05, 0) is 48.9 Å². The summed E-state index contributed by atoms with van der Waals surface area (Å²) in [7, 11) is 0. The largest absolute Gasteiger partial charge is 0.486 e. The second-order valence-electron chi connectivity index (χ2n) is 6.25. The van der Waals surface area contributed by atoms with Crippen molar-refractivity contribution in [1.82, 2.24) is 14.8 Å². The number of amides is 1. The number of allylic oxidation sites excluding steroid dienone is 1. The van der Waals surface area contributed by atoms with Crippen LogP contribution in [0.3, 0.4) is 0 Å². The number of benzene rings is 2. The molecular formula is C21H21BrN4O2S. The van der Waals surface area contributed by atoms with Gasteiger partial charge in [-0.1, -0.05) is 45.9 Å². The number of aryl methyl sites for hydroxylation is 1. The Morgan fingerprint density at radius 1 is 1.28 bits per heavy atom. The van der Waals surface area contributed by atoms with Gasteiger partial charge in [-0.3, -0.25) is 9.36 Å². The van der Waals surface area contributed by atoms with Crippen molar-refractivity contribution in [3.05, 3.63) is 77.0 Å². The topological polar surface area (TPSA) is 69.0 Å². The normalized spacial score (nSPS) is 10.6. The van der Waals surface area contributed by atoms with E-state index in [-0.39, 0.29) is 18.3 Å². The molecule has 1 amide bonds. The fourth-order valence-electron chi connectivity index (χ4n) is 2.56. The van der Waals surface area contributed by atoms with Crippen molar-refractivity contribution in [2.24, 2.45) is 0 Å². The van der Waals surface area contributed by atoms with Gasteiger partial charge in [-0.25, -0.2) is 0 Å². The Kier molecular flexibility index (Phi) is 7.48. The summed E-state index contributed by atoms with van der Waals surface area (Å²) in [6, 6.07) is 15.3. The SMILES string of the molecule is C=CCn1c(COc2cccc(C)c2)nnc1SCC(=O)Nc1ccc(Br)cc1. The number of carbonyl (C=O) groups is 1. The van der Waals surface area contributed by atoms with E-state index in [0.717, 1.165) is 21.5 Å². The number of halogens is 1. The zero-order chi connectivity index (χ0) is 20.6. The van der Waals surface area contributed by atoms with Gasteiger partial charge in [0.2, 0.25) is 5.91 Å². The molecule has 1 aromatic heterocycles. The summed E-state index contributed by atoms with van der Waals surface area (Å²) in [4.78, 5) is 12.2. The first-order valence-corrected chi connectivity index (χ1v) is 10.7. The molecule has 0 bridgehead atoms. The number of carbonyl (C=O) groups excluding carboxylic acids is 1. The molecule has 0 aliphatic carbocycles. The number of thioether (sulfide) groups is 1. The molecule has 1 N–H and O–H groups in total. The zero-order valence-electron chi connectivity index (χ0n) is 16.0. The molecule has 0 radical (unpaired) electrons. The maximum atomic E-state index is 12.2. The Bertz CT molecular complexity index is 989. The fourth-order valence-corrected chi connectivity index (χ4v) is 3.59. The highest BCUT2D eigenvalue weighted by atomic mass is 79.9. The van der Waals surface area contributed by atoms with Crippen LogP contribution in [0.25, 0.3) is 0 Å². The van der Waals surface area contributed by atoms with Crippen molar-refractivity contribution in [3.8, 4) is 5.75 Å². The number of anilines is 1. The van der Waals surface area contributed by atoms with E-state index in [0.29, 0.717) is 17.5 Å². The number of nitrogens with zero attached hydrogens (tertiary/aromatic N) is 3. The average Bonchev–Trinajstić information content (AvgIpc) is 3.09. The third-order valence-corrected chi connectivity index (χ3v) is 5.42. The quantitative estimate of drug-likeness (QED) is 0.356. The molecular weight excluding hydrogens is 452 g/mol. The van der Waals surface area contributed by atoms with Crippen molar-refractivity contribution >= 4 is 39.3 Å². The van der Waals surface area contributed by atoms with Crippen molar-refractivity contribution in [2.75, 3.05) is 11.1 Å². The fraction of sp³-hybridized carbons (Fsp3) is 0.190. The molecule has 6 nitrogen and oxygen atoms in total. The number of hydrogen-bond acceptors (Lipinski definition) is 5. The standard InChI is InChI=1S/C21H21BrN4O2S/c1-3-11-26-19(13-28-18-6-4-5-15(2)12-18)24-25-21(26)29-14-20(27)23-17-9-7-16(22)8-10-17/h3-10,12H,1,11,13-14H2,2H3,(H,23,27). The van der Waals surface area contributed by atoms with Crippen LogP contribution in [0.4, 0.5) is 5.69 Å². The van der Waals surface area contributed by atoms with Gasteiger partial charge in [-0.15, -0.1) is 16.8 Å². The predicted molar refractivity (Wildman–Crippen MR) is 119 cm³/mol. The van der Waals surface area contributed by atoms with E-state index < -0.39 is 0 Å². The van der Waals surface area contributed by atoms with Crippen LogP contribution in [0.2, 0.25) is 0 Å². The molecule has 3 aromatic rings. The monoisotopic (exact) mass is 472 g/mol. The van der Waals surface area contributed by atoms with Crippen LogP contribution >= 0.6 is 27.7 Å². The molecule has 0 spiro atoms. The van der Waals surface area contributed by atoms with E-state index in [2.05, 4.69) is 38.0 Å². The molecule has 1 heterocycles. The summed E-state index contributed by atoms with van der Waals surface area (Å²) in [5, 5.41) is 12.0. The smallest absolute Gasteiger partial charge is 0.234 e. The summed E-state index contributed by atoms with van der Waals surface area (Å²) < 4.78 is 8.70. The van der Waals surface area contributed by atoms with Crippen molar-refractivity contribution in [2.45, 2.75) is 25.2 Å². The number of hydrogen-bond donors (Lipinski definition) is 1. The van der Waals surface area contributed by atoms with Crippen molar-refractivity contribution in [3.63, 3.8) is 0 Å². The summed E-state index contributed by atoms with van der Waals surface area (Å²) in [5.74, 6) is 1.58. The second kappa shape index (κ2) is 10.3. The predicted octanol–water partition coefficient (Wildman–Crippen LogP) is 4.84. The lowest BCUT2D eigenvalue weighted by molar-refractivity contribution is -0.113. The highest BCUT2D eigenvalue weighted by Gasteiger charge is 2.14. The first-order chi connectivity index (χ1) is 14.0. The van der Waals surface area contributed by atoms with Crippen LogP contribution in [0, 0.1) is 6.92 Å². The van der Waals surface area contributed by atoms with Gasteiger partial charge in [0.05, 0.1) is 5.75 Å². The Hall–Kier alpha value is -2.58. The minimum Gasteiger partial charge on any atom is -0.486 e. The van der Waals surface area contributed by atoms with Crippen LogP contribution in [-0.2, 0) is 17.9 Å². The number of ether oxygens (including phenoxy) is 1. The Morgan fingerprint density at radius 3 is 2.79 bits per heavy atom. The lowest BCUT2D eigenvalue weighted by Crippen LogP contribution is -2.15. The molecule has 2 aromatic carbocycles. The van der Waals surface area contributed by atoms with Gasteiger partial charge >= 0.3 is 0 Å². The summed E-state index contributed by atoms with van der Waals surface area (Å²) in [6.45, 7) is 6.64. The van der Waals surface area contributed by atoms with Crippen LogP contribution < -0.4 is 10.1 Å². The lowest BCUT2D eigenvalue weighted by atomic mass is 10.2. The number of rotatable bonds is 9. The molecule has 29 heavy (non-hydrogen) atoms. The van der Waals surface area contributed by atoms with Crippen LogP contribution in [0.5, 0.6) is 5.75 Å². The molecule has 0 atom stereocenters. The summed E-state index contributed by atoms with van der Waals surface area (Å²) in [5.41, 5.74) is 1.88. The average molecular weight is 473 g/mol. The van der Waals surface area contributed by atoms with E-state index >= 15 is 0 Å². The van der Waals surface area contributed by atoms with Gasteiger partial charge in [0.15, 0.2) is 11.0 Å². The molecule has 3 rings (SSSR count). The lowest BCUT2D eigenvalue weighted by Gasteiger charge is -2.10. The Labute approximate surface area is 182 Å². The highest BCUT2D eigenvalue weighted by molar-refractivity contribution is 9.10. The Balaban J connectivity index is 1.60. The van der Waals surface area contributed by atoms with Crippen molar-refractivity contribution in [1.29, 1.82) is 0 Å². The maximum absolute atomic E-state index is 12.2. The van der Waals surface area contributed by atoms with E-state index in [4.69, 9.17) is 4.74 Å². The van der Waals surface area contributed by atoms with Gasteiger partial charge < -0.3 is 10.1 Å². The zero-order valence-corrected chi connectivity index (χ0v) is 18.4. The highest BCUT2D eigenvalue weighted by Crippen LogP contribution is 2.20. The molecule has 0 aliphatic heterocycles. The first-order valence-electron chi connectivity index (χ1n) is 8.96. The van der Waals surface area contributed by atoms with Gasteiger partial charge in [0.1, 0.15) is 12.4 Å². The second-order valence-corrected chi connectivity index (χ2v) is 8.11. The van der Waals surface area contributed by atoms with Crippen LogP contribution in [0.15, 0.2) is 70.8 Å². The molecule has 0 unspecified atom stereocenters. The van der Waals surface area contributed by atoms with Gasteiger partial charge in [0, 0.05) is 16.7 Å². The summed E-state index contributed by atoms with van der Waals surface area (Å²) in [6.07, 6.45) is 1.77. The first kappa shape index (κ1) is 21.1. The Morgan fingerprint density at radius 2 is 2.07 bits per heavy atom. The van der Waals surface area contributed by atoms with Crippen LogP contribution in [-0.4, -0.2) is 26.4 Å². The number of nitrogens with one attached hydrogen (secondary N) is 1. The van der Waals surface area contributed by atoms with Crippen molar-refractivity contribution < 1.29 is 9.53 Å². The molecule has 0 saturated carbocycles. The molecule has 0 aliphatic rings. The van der Waals surface area contributed by atoms with E-state index in [9.17, 15) is 4.79 Å². The van der Waals surface area contributed by atoms with E-state index in [1.807, 2.05) is 60.0 Å². The summed E-state index contributed by atoms with van der Waals surface area (Å²) >= 11 is 4.70. The minimum atomic E-state index is -0.108. The molecule has 8 heteroatoms.